The van der Waals surface area contributed by atoms with Gasteiger partial charge in [-0.1, -0.05) is 198 Å². The fraction of sp³-hybridized carbons (Fsp3) is 0.120. The highest BCUT2D eigenvalue weighted by Gasteiger charge is 2.54. The second-order valence-electron chi connectivity index (χ2n) is 23.5. The molecule has 370 valence electrons. The summed E-state index contributed by atoms with van der Waals surface area (Å²) in [7, 11) is 0. The van der Waals surface area contributed by atoms with E-state index in [2.05, 4.69) is 259 Å². The van der Waals surface area contributed by atoms with Crippen LogP contribution >= 0.6 is 0 Å². The van der Waals surface area contributed by atoms with Crippen molar-refractivity contribution in [1.29, 1.82) is 0 Å². The largest absolute Gasteiger partial charge is 0.455 e. The lowest BCUT2D eigenvalue weighted by atomic mass is 9.70. The van der Waals surface area contributed by atoms with Gasteiger partial charge < -0.3 is 13.7 Å². The van der Waals surface area contributed by atoms with Crippen LogP contribution in [0.25, 0.3) is 99.5 Å². The van der Waals surface area contributed by atoms with Crippen LogP contribution in [0.1, 0.15) is 83.3 Å². The molecule has 0 unspecified atom stereocenters. The van der Waals surface area contributed by atoms with Gasteiger partial charge in [-0.3, -0.25) is 0 Å². The van der Waals surface area contributed by atoms with E-state index in [9.17, 15) is 0 Å². The Morgan fingerprint density at radius 3 is 1.49 bits per heavy atom. The van der Waals surface area contributed by atoms with E-state index in [-0.39, 0.29) is 10.8 Å². The molecule has 0 radical (unpaired) electrons. The van der Waals surface area contributed by atoms with Crippen LogP contribution in [-0.4, -0.2) is 0 Å². The highest BCUT2D eigenvalue weighted by Crippen LogP contribution is 2.67. The van der Waals surface area contributed by atoms with Gasteiger partial charge in [0.05, 0.1) is 11.1 Å². The predicted molar refractivity (Wildman–Crippen MR) is 322 cm³/mol. The lowest BCUT2D eigenvalue weighted by Gasteiger charge is -2.34. The molecule has 11 aromatic carbocycles. The maximum absolute atomic E-state index is 7.06. The summed E-state index contributed by atoms with van der Waals surface area (Å²) in [6, 6.07) is 79.4. The molecule has 0 fully saturated rings. The lowest BCUT2D eigenvalue weighted by Crippen LogP contribution is -2.26. The topological polar surface area (TPSA) is 29.5 Å². The zero-order valence-corrected chi connectivity index (χ0v) is 44.5. The van der Waals surface area contributed by atoms with Crippen LogP contribution in [0, 0.1) is 13.8 Å². The number of rotatable bonds is 4. The number of furan rings is 2. The minimum atomic E-state index is -0.637. The van der Waals surface area contributed by atoms with Crippen LogP contribution in [-0.2, 0) is 16.2 Å². The molecule has 0 bridgehead atoms. The van der Waals surface area contributed by atoms with Gasteiger partial charge in [0.1, 0.15) is 22.3 Å². The van der Waals surface area contributed by atoms with E-state index in [0.717, 1.165) is 50.2 Å². The lowest BCUT2D eigenvalue weighted by molar-refractivity contribution is 0.600. The minimum absolute atomic E-state index is 0.249. The molecular weight excluding hydrogens is 947 g/mol. The molecule has 17 rings (SSSR count). The molecule has 2 aromatic heterocycles. The summed E-state index contributed by atoms with van der Waals surface area (Å²) in [5.41, 5.74) is 31.4. The SMILES string of the molecule is Cc1cccc(C)c1N(c1ccc2c(c1)C(C)(C)c1c3c(c4oc5ccccc5c4c1-2)-c1ccccc1C3(C)C)c1ccc2c(c1)C1(c3ccccc3-c3ccccc31)c1cc(-c3ccccc3)c3oc4ccccc4c3c1-2. The Kier molecular flexibility index (Phi) is 8.49. The van der Waals surface area contributed by atoms with E-state index in [1.165, 1.54) is 122 Å². The van der Waals surface area contributed by atoms with Crippen molar-refractivity contribution in [1.82, 2.24) is 0 Å². The van der Waals surface area contributed by atoms with Gasteiger partial charge in [0, 0.05) is 54.9 Å². The average molecular weight is 1000 g/mol. The molecule has 0 amide bonds. The zero-order chi connectivity index (χ0) is 52.1. The second-order valence-corrected chi connectivity index (χ2v) is 23.5. The summed E-state index contributed by atoms with van der Waals surface area (Å²) in [6.45, 7) is 14.3. The molecule has 4 aliphatic rings. The van der Waals surface area contributed by atoms with Gasteiger partial charge in [0.2, 0.25) is 0 Å². The van der Waals surface area contributed by atoms with Gasteiger partial charge in [-0.15, -0.1) is 0 Å². The number of anilines is 3. The third kappa shape index (κ3) is 5.29. The highest BCUT2D eigenvalue weighted by atomic mass is 16.3. The smallest absolute Gasteiger partial charge is 0.144 e. The van der Waals surface area contributed by atoms with Crippen molar-refractivity contribution in [3.63, 3.8) is 0 Å². The summed E-state index contributed by atoms with van der Waals surface area (Å²) in [4.78, 5) is 2.57. The third-order valence-electron chi connectivity index (χ3n) is 18.8. The Balaban J connectivity index is 0.953. The van der Waals surface area contributed by atoms with Crippen molar-refractivity contribution in [2.75, 3.05) is 4.90 Å². The van der Waals surface area contributed by atoms with Crippen molar-refractivity contribution in [3.05, 3.63) is 268 Å². The quantitative estimate of drug-likeness (QED) is 0.176. The van der Waals surface area contributed by atoms with E-state index in [1.807, 2.05) is 0 Å². The van der Waals surface area contributed by atoms with Crippen molar-refractivity contribution < 1.29 is 8.83 Å². The van der Waals surface area contributed by atoms with Crippen molar-refractivity contribution >= 4 is 60.9 Å². The number of para-hydroxylation sites is 3. The Morgan fingerprint density at radius 2 is 0.833 bits per heavy atom. The first-order chi connectivity index (χ1) is 38.1. The van der Waals surface area contributed by atoms with Crippen LogP contribution in [0.3, 0.4) is 0 Å². The molecule has 3 nitrogen and oxygen atoms in total. The zero-order valence-electron chi connectivity index (χ0n) is 44.5. The van der Waals surface area contributed by atoms with Crippen LogP contribution < -0.4 is 4.90 Å². The molecule has 4 aliphatic carbocycles. The van der Waals surface area contributed by atoms with E-state index in [1.54, 1.807) is 0 Å². The van der Waals surface area contributed by atoms with Gasteiger partial charge in [-0.05, 0) is 156 Å². The van der Waals surface area contributed by atoms with Gasteiger partial charge in [-0.25, -0.2) is 0 Å². The minimum Gasteiger partial charge on any atom is -0.455 e. The summed E-state index contributed by atoms with van der Waals surface area (Å²) in [6.07, 6.45) is 0. The second kappa shape index (κ2) is 15.1. The monoisotopic (exact) mass is 999 g/mol. The first-order valence-electron chi connectivity index (χ1n) is 27.6. The van der Waals surface area contributed by atoms with Gasteiger partial charge in [-0.2, -0.15) is 0 Å². The Morgan fingerprint density at radius 1 is 0.346 bits per heavy atom. The third-order valence-corrected chi connectivity index (χ3v) is 18.8. The summed E-state index contributed by atoms with van der Waals surface area (Å²) >= 11 is 0. The van der Waals surface area contributed by atoms with Crippen molar-refractivity contribution in [2.24, 2.45) is 0 Å². The van der Waals surface area contributed by atoms with Crippen molar-refractivity contribution in [2.45, 2.75) is 57.8 Å². The normalized spacial score (nSPS) is 15.1. The first kappa shape index (κ1) is 44.0. The summed E-state index contributed by atoms with van der Waals surface area (Å²) in [5.74, 6) is 0. The molecule has 13 aromatic rings. The molecule has 1 spiro atoms. The number of hydrogen-bond donors (Lipinski definition) is 0. The molecular formula is C75H53NO2. The molecule has 0 saturated carbocycles. The maximum Gasteiger partial charge on any atom is 0.144 e. The number of hydrogen-bond acceptors (Lipinski definition) is 3. The van der Waals surface area contributed by atoms with Gasteiger partial charge in [0.25, 0.3) is 0 Å². The number of nitrogens with zero attached hydrogens (tertiary/aromatic N) is 1. The molecule has 78 heavy (non-hydrogen) atoms. The van der Waals surface area contributed by atoms with E-state index in [0.29, 0.717) is 0 Å². The van der Waals surface area contributed by atoms with Crippen molar-refractivity contribution in [3.8, 4) is 55.6 Å². The fourth-order valence-corrected chi connectivity index (χ4v) is 15.7. The number of fused-ring (bicyclic) bond motifs is 26. The molecule has 0 N–H and O–H groups in total. The van der Waals surface area contributed by atoms with E-state index < -0.39 is 5.41 Å². The average Bonchev–Trinajstić information content (AvgIpc) is 4.26. The maximum atomic E-state index is 7.06. The van der Waals surface area contributed by atoms with Crippen LogP contribution in [0.15, 0.2) is 221 Å². The van der Waals surface area contributed by atoms with Crippen LogP contribution in [0.5, 0.6) is 0 Å². The first-order valence-corrected chi connectivity index (χ1v) is 27.6. The Hall–Kier alpha value is -9.18. The standard InChI is InChI=1S/C75H53NO2/c1-42-21-20-22-43(2)70(42)76(45-35-37-50-58(39-45)74(5,6)68-64(50)66-53-29-14-19-34-62(53)78-72(66)67-49-27-12-15-30-55(49)73(3,4)69(67)68)46-36-38-51-59(40-46)75(56-31-16-10-25-47(56)48-26-11-17-32-57(48)75)60-41-54(44-23-8-7-9-24-44)71-65(63(51)60)52-28-13-18-33-61(52)77-71/h7-41H,1-6H3. The molecule has 3 heteroatoms. The molecule has 0 atom stereocenters. The fourth-order valence-electron chi connectivity index (χ4n) is 15.7. The summed E-state index contributed by atoms with van der Waals surface area (Å²) in [5, 5.41) is 4.68. The van der Waals surface area contributed by atoms with Gasteiger partial charge >= 0.3 is 0 Å². The molecule has 2 heterocycles. The number of benzene rings is 11. The summed E-state index contributed by atoms with van der Waals surface area (Å²) < 4.78 is 14.1. The Bertz CT molecular complexity index is 4760. The molecule has 0 aliphatic heterocycles. The predicted octanol–water partition coefficient (Wildman–Crippen LogP) is 20.2. The van der Waals surface area contributed by atoms with Gasteiger partial charge in [0.15, 0.2) is 0 Å². The van der Waals surface area contributed by atoms with Crippen LogP contribution in [0.4, 0.5) is 17.1 Å². The van der Waals surface area contributed by atoms with Crippen LogP contribution in [0.2, 0.25) is 0 Å². The molecule has 0 saturated heterocycles. The van der Waals surface area contributed by atoms with E-state index >= 15 is 0 Å². The number of aryl methyl sites for hydroxylation is 2. The Labute approximate surface area is 453 Å². The highest BCUT2D eigenvalue weighted by molar-refractivity contribution is 6.22. The van der Waals surface area contributed by atoms with E-state index in [4.69, 9.17) is 8.83 Å².